The Balaban J connectivity index is 1.48. The Kier molecular flexibility index (Phi) is 3.13. The quantitative estimate of drug-likeness (QED) is 0.837. The van der Waals surface area contributed by atoms with Gasteiger partial charge in [-0.25, -0.2) is 0 Å². The molecule has 4 nitrogen and oxygen atoms in total. The van der Waals surface area contributed by atoms with E-state index in [-0.39, 0.29) is 11.5 Å². The first-order chi connectivity index (χ1) is 12.7. The van der Waals surface area contributed by atoms with Crippen LogP contribution < -0.4 is 9.47 Å². The van der Waals surface area contributed by atoms with Gasteiger partial charge in [-0.05, 0) is 62.1 Å². The van der Waals surface area contributed by atoms with Gasteiger partial charge < -0.3 is 9.47 Å². The maximum absolute atomic E-state index is 12.9. The van der Waals surface area contributed by atoms with Crippen molar-refractivity contribution in [2.75, 3.05) is 20.2 Å². The van der Waals surface area contributed by atoms with E-state index in [1.807, 2.05) is 6.07 Å². The van der Waals surface area contributed by atoms with Crippen molar-refractivity contribution in [2.45, 2.75) is 62.5 Å². The molecule has 2 bridgehead atoms. The summed E-state index contributed by atoms with van der Waals surface area (Å²) in [6.07, 6.45) is 7.81. The number of nitrogens with zero attached hydrogens (tertiary/aromatic N) is 1. The Hall–Kier alpha value is -1.55. The van der Waals surface area contributed by atoms with Crippen molar-refractivity contribution in [3.63, 3.8) is 0 Å². The molecule has 4 heteroatoms. The van der Waals surface area contributed by atoms with E-state index < -0.39 is 0 Å². The van der Waals surface area contributed by atoms with Gasteiger partial charge in [0.1, 0.15) is 0 Å². The highest BCUT2D eigenvalue weighted by atomic mass is 16.5. The van der Waals surface area contributed by atoms with Crippen molar-refractivity contribution in [1.29, 1.82) is 0 Å². The highest BCUT2D eigenvalue weighted by Gasteiger charge is 2.65. The molecule has 0 aromatic heterocycles. The number of likely N-dealkylation sites (tertiary alicyclic amines) is 1. The van der Waals surface area contributed by atoms with Crippen molar-refractivity contribution in [2.24, 2.45) is 11.8 Å². The largest absolute Gasteiger partial charge is 0.493 e. The molecule has 0 radical (unpaired) electrons. The molecule has 3 aliphatic carbocycles. The third kappa shape index (κ3) is 1.77. The predicted molar refractivity (Wildman–Crippen MR) is 97.8 cm³/mol. The molecule has 0 unspecified atom stereocenters. The minimum absolute atomic E-state index is 0.0897. The number of hydrogen-bond acceptors (Lipinski definition) is 4. The van der Waals surface area contributed by atoms with Crippen molar-refractivity contribution in [1.82, 2.24) is 4.90 Å². The lowest BCUT2D eigenvalue weighted by molar-refractivity contribution is -0.139. The van der Waals surface area contributed by atoms with Gasteiger partial charge in [0.05, 0.1) is 7.11 Å². The van der Waals surface area contributed by atoms with Gasteiger partial charge in [0, 0.05) is 30.0 Å². The smallest absolute Gasteiger partial charge is 0.174 e. The molecule has 6 rings (SSSR count). The summed E-state index contributed by atoms with van der Waals surface area (Å²) in [5.74, 6) is 3.44. The molecule has 4 atom stereocenters. The number of piperidine rings is 1. The highest BCUT2D eigenvalue weighted by molar-refractivity contribution is 5.89. The molecule has 138 valence electrons. The first-order valence-corrected chi connectivity index (χ1v) is 10.4. The summed E-state index contributed by atoms with van der Waals surface area (Å²) in [7, 11) is 1.70. The third-order valence-corrected chi connectivity index (χ3v) is 8.15. The molecule has 1 saturated heterocycles. The van der Waals surface area contributed by atoms with Crippen LogP contribution >= 0.6 is 0 Å². The van der Waals surface area contributed by atoms with Gasteiger partial charge in [-0.3, -0.25) is 9.69 Å². The number of carbonyl (C=O) groups is 1. The molecule has 1 aromatic rings. The normalized spacial score (nSPS) is 37.7. The van der Waals surface area contributed by atoms with Crippen molar-refractivity contribution in [3.05, 3.63) is 23.3 Å². The molecular formula is C22H27NO3. The fraction of sp³-hybridized carbons (Fsp3) is 0.682. The summed E-state index contributed by atoms with van der Waals surface area (Å²) in [6.45, 7) is 2.37. The SMILES string of the molecule is COc1ccc2c3c1O[C@H]1C(=O)CC[C@H]4[C@@H](C2)N(CC2CCC2)CC[C@]314. The zero-order valence-corrected chi connectivity index (χ0v) is 15.5. The molecule has 2 heterocycles. The number of Topliss-reactive ketones (excluding diaryl/α,β-unsaturated/α-hetero) is 1. The van der Waals surface area contributed by atoms with E-state index in [0.29, 0.717) is 24.2 Å². The van der Waals surface area contributed by atoms with Crippen LogP contribution in [-0.2, 0) is 16.6 Å². The van der Waals surface area contributed by atoms with Gasteiger partial charge in [0.2, 0.25) is 0 Å². The molecular weight excluding hydrogens is 326 g/mol. The van der Waals surface area contributed by atoms with Crippen LogP contribution in [0.3, 0.4) is 0 Å². The Morgan fingerprint density at radius 2 is 2.19 bits per heavy atom. The predicted octanol–water partition coefficient (Wildman–Crippen LogP) is 3.10. The van der Waals surface area contributed by atoms with Gasteiger partial charge >= 0.3 is 0 Å². The minimum atomic E-state index is -0.278. The number of rotatable bonds is 3. The minimum Gasteiger partial charge on any atom is -0.493 e. The Bertz CT molecular complexity index is 786. The summed E-state index contributed by atoms with van der Waals surface area (Å²) >= 11 is 0. The summed E-state index contributed by atoms with van der Waals surface area (Å²) in [5.41, 5.74) is 2.64. The second-order valence-electron chi connectivity index (χ2n) is 9.09. The number of methoxy groups -OCH3 is 1. The second kappa shape index (κ2) is 5.25. The van der Waals surface area contributed by atoms with Gasteiger partial charge in [0.25, 0.3) is 0 Å². The zero-order valence-electron chi connectivity index (χ0n) is 15.5. The van der Waals surface area contributed by atoms with E-state index in [0.717, 1.165) is 43.2 Å². The molecule has 1 spiro atoms. The van der Waals surface area contributed by atoms with E-state index >= 15 is 0 Å². The average Bonchev–Trinajstić information content (AvgIpc) is 2.96. The van der Waals surface area contributed by atoms with Crippen LogP contribution in [0, 0.1) is 11.8 Å². The number of ether oxygens (including phenoxy) is 2. The van der Waals surface area contributed by atoms with Crippen LogP contribution in [0.4, 0.5) is 0 Å². The van der Waals surface area contributed by atoms with Crippen LogP contribution in [0.15, 0.2) is 12.1 Å². The monoisotopic (exact) mass is 353 g/mol. The topological polar surface area (TPSA) is 38.8 Å². The zero-order chi connectivity index (χ0) is 17.5. The van der Waals surface area contributed by atoms with Crippen LogP contribution in [0.1, 0.15) is 49.7 Å². The van der Waals surface area contributed by atoms with Crippen molar-refractivity contribution >= 4 is 5.78 Å². The lowest BCUT2D eigenvalue weighted by Crippen LogP contribution is -2.66. The number of hydrogen-bond donors (Lipinski definition) is 0. The van der Waals surface area contributed by atoms with Crippen molar-refractivity contribution < 1.29 is 14.3 Å². The van der Waals surface area contributed by atoms with Gasteiger partial charge in [0.15, 0.2) is 23.4 Å². The third-order valence-electron chi connectivity index (χ3n) is 8.15. The van der Waals surface area contributed by atoms with Gasteiger partial charge in [-0.1, -0.05) is 12.5 Å². The molecule has 0 N–H and O–H groups in total. The molecule has 2 aliphatic heterocycles. The Morgan fingerprint density at radius 3 is 2.96 bits per heavy atom. The molecule has 1 aromatic carbocycles. The Labute approximate surface area is 154 Å². The first kappa shape index (κ1) is 15.5. The van der Waals surface area contributed by atoms with E-state index in [4.69, 9.17) is 9.47 Å². The summed E-state index contributed by atoms with van der Waals surface area (Å²) in [6, 6.07) is 4.86. The van der Waals surface area contributed by atoms with Crippen LogP contribution in [-0.4, -0.2) is 43.0 Å². The van der Waals surface area contributed by atoms with Crippen molar-refractivity contribution in [3.8, 4) is 11.5 Å². The standard InChI is InChI=1S/C22H27NO3/c1-25-18-8-5-14-11-16-15-6-7-17(24)21-22(15,19(14)20(18)26-21)9-10-23(16)12-13-3-2-4-13/h5,8,13,15-16,21H,2-4,6-7,9-12H2,1H3/t15-,16+,21-,22-/m0/s1. The fourth-order valence-electron chi connectivity index (χ4n) is 6.79. The fourth-order valence-corrected chi connectivity index (χ4v) is 6.79. The van der Waals surface area contributed by atoms with Gasteiger partial charge in [-0.15, -0.1) is 0 Å². The second-order valence-corrected chi connectivity index (χ2v) is 9.09. The maximum Gasteiger partial charge on any atom is 0.174 e. The van der Waals surface area contributed by atoms with Crippen LogP contribution in [0.2, 0.25) is 0 Å². The molecule has 5 aliphatic rings. The molecule has 2 saturated carbocycles. The number of ketones is 1. The number of benzene rings is 1. The number of carbonyl (C=O) groups excluding carboxylic acids is 1. The molecule has 26 heavy (non-hydrogen) atoms. The van der Waals surface area contributed by atoms with Crippen LogP contribution in [0.25, 0.3) is 0 Å². The maximum atomic E-state index is 12.9. The molecule has 3 fully saturated rings. The summed E-state index contributed by atoms with van der Waals surface area (Å²) < 4.78 is 12.0. The summed E-state index contributed by atoms with van der Waals surface area (Å²) in [5, 5.41) is 0. The highest BCUT2D eigenvalue weighted by Crippen LogP contribution is 2.63. The Morgan fingerprint density at radius 1 is 1.31 bits per heavy atom. The lowest BCUT2D eigenvalue weighted by Gasteiger charge is -2.58. The average molecular weight is 353 g/mol. The van der Waals surface area contributed by atoms with E-state index in [1.54, 1.807) is 7.11 Å². The van der Waals surface area contributed by atoms with E-state index in [2.05, 4.69) is 11.0 Å². The van der Waals surface area contributed by atoms with Crippen LogP contribution in [0.5, 0.6) is 11.5 Å². The molecule has 0 amide bonds. The van der Waals surface area contributed by atoms with E-state index in [1.165, 1.54) is 36.9 Å². The van der Waals surface area contributed by atoms with E-state index in [9.17, 15) is 4.79 Å². The first-order valence-electron chi connectivity index (χ1n) is 10.4. The van der Waals surface area contributed by atoms with Gasteiger partial charge in [-0.2, -0.15) is 0 Å². The summed E-state index contributed by atoms with van der Waals surface area (Å²) in [4.78, 5) is 15.6. The lowest BCUT2D eigenvalue weighted by atomic mass is 9.51.